The number of nitrogens with one attached hydrogen (secondary N) is 1. The van der Waals surface area contributed by atoms with Crippen LogP contribution in [0.4, 0.5) is 0 Å². The number of hydrogen-bond acceptors (Lipinski definition) is 4. The van der Waals surface area contributed by atoms with E-state index in [1.54, 1.807) is 23.9 Å². The Morgan fingerprint density at radius 1 is 1.50 bits per heavy atom. The Balaban J connectivity index is 1.94. The topological polar surface area (TPSA) is 64.0 Å². The molecule has 0 bridgehead atoms. The number of ketones is 1. The molecule has 2 aromatic rings. The molecule has 2 aromatic heterocycles. The number of nitrogens with zero attached hydrogens (tertiary/aromatic N) is 2. The van der Waals surface area contributed by atoms with Crippen molar-refractivity contribution in [1.29, 1.82) is 0 Å². The third-order valence-corrected chi connectivity index (χ3v) is 3.81. The second-order valence-corrected chi connectivity index (χ2v) is 5.72. The molecule has 0 fully saturated rings. The van der Waals surface area contributed by atoms with Crippen LogP contribution in [0.25, 0.3) is 0 Å². The summed E-state index contributed by atoms with van der Waals surface area (Å²) in [7, 11) is 1.73. The smallest absolute Gasteiger partial charge is 0.269 e. The average Bonchev–Trinajstić information content (AvgIpc) is 2.98. The van der Waals surface area contributed by atoms with Gasteiger partial charge in [-0.2, -0.15) is 5.10 Å². The summed E-state index contributed by atoms with van der Waals surface area (Å²) in [6, 6.07) is 5.15. The number of carbonyl (C=O) groups excluding carboxylic acids is 2. The van der Waals surface area contributed by atoms with Gasteiger partial charge in [0.2, 0.25) is 0 Å². The number of Topliss-reactive ketones (excluding diaryl/α,β-unsaturated/α-hetero) is 1. The van der Waals surface area contributed by atoms with Gasteiger partial charge in [0.15, 0.2) is 5.78 Å². The predicted molar refractivity (Wildman–Crippen MR) is 78.1 cm³/mol. The van der Waals surface area contributed by atoms with Crippen molar-refractivity contribution >= 4 is 23.0 Å². The zero-order valence-corrected chi connectivity index (χ0v) is 12.5. The summed E-state index contributed by atoms with van der Waals surface area (Å²) in [6.07, 6.45) is 0.295. The fourth-order valence-electron chi connectivity index (χ4n) is 1.99. The van der Waals surface area contributed by atoms with Crippen molar-refractivity contribution in [3.05, 3.63) is 39.8 Å². The largest absolute Gasteiger partial charge is 0.348 e. The van der Waals surface area contributed by atoms with Crippen molar-refractivity contribution in [3.63, 3.8) is 0 Å². The summed E-state index contributed by atoms with van der Waals surface area (Å²) in [6.45, 7) is 3.66. The van der Waals surface area contributed by atoms with Gasteiger partial charge in [0.05, 0.1) is 10.6 Å². The van der Waals surface area contributed by atoms with Crippen LogP contribution in [0.1, 0.15) is 39.2 Å². The molecule has 106 valence electrons. The lowest BCUT2D eigenvalue weighted by atomic mass is 10.1. The Hall–Kier alpha value is -1.95. The van der Waals surface area contributed by atoms with E-state index in [1.165, 1.54) is 11.3 Å². The number of hydrogen-bond donors (Lipinski definition) is 1. The molecule has 2 rings (SSSR count). The van der Waals surface area contributed by atoms with Crippen molar-refractivity contribution in [2.75, 3.05) is 0 Å². The Labute approximate surface area is 121 Å². The number of rotatable bonds is 5. The molecule has 0 aliphatic carbocycles. The van der Waals surface area contributed by atoms with E-state index in [0.717, 1.165) is 10.6 Å². The summed E-state index contributed by atoms with van der Waals surface area (Å²) < 4.78 is 1.54. The minimum absolute atomic E-state index is 0.0500. The van der Waals surface area contributed by atoms with Crippen LogP contribution < -0.4 is 5.32 Å². The van der Waals surface area contributed by atoms with E-state index >= 15 is 0 Å². The number of thiophene rings is 1. The molecule has 0 radical (unpaired) electrons. The minimum Gasteiger partial charge on any atom is -0.348 e. The van der Waals surface area contributed by atoms with Gasteiger partial charge in [-0.05, 0) is 31.4 Å². The van der Waals surface area contributed by atoms with Gasteiger partial charge in [-0.1, -0.05) is 6.07 Å². The molecule has 5 nitrogen and oxygen atoms in total. The summed E-state index contributed by atoms with van der Waals surface area (Å²) in [5.74, 6) is -0.159. The number of aromatic nitrogens is 2. The van der Waals surface area contributed by atoms with E-state index in [4.69, 9.17) is 0 Å². The van der Waals surface area contributed by atoms with Crippen LogP contribution in [0, 0.1) is 6.92 Å². The van der Waals surface area contributed by atoms with Crippen LogP contribution in [0.15, 0.2) is 23.6 Å². The van der Waals surface area contributed by atoms with Gasteiger partial charge in [-0.3, -0.25) is 14.3 Å². The van der Waals surface area contributed by atoms with Gasteiger partial charge in [-0.15, -0.1) is 11.3 Å². The quantitative estimate of drug-likeness (QED) is 0.859. The zero-order chi connectivity index (χ0) is 14.7. The van der Waals surface area contributed by atoms with Crippen LogP contribution in [0.2, 0.25) is 0 Å². The van der Waals surface area contributed by atoms with Crippen molar-refractivity contribution in [1.82, 2.24) is 15.1 Å². The summed E-state index contributed by atoms with van der Waals surface area (Å²) in [5.41, 5.74) is 1.29. The van der Waals surface area contributed by atoms with E-state index in [-0.39, 0.29) is 17.7 Å². The van der Waals surface area contributed by atoms with Crippen molar-refractivity contribution in [3.8, 4) is 0 Å². The fraction of sp³-hybridized carbons (Fsp3) is 0.357. The predicted octanol–water partition coefficient (Wildman–Crippen LogP) is 2.18. The van der Waals surface area contributed by atoms with Crippen LogP contribution in [0.5, 0.6) is 0 Å². The third kappa shape index (κ3) is 3.33. The Kier molecular flexibility index (Phi) is 4.34. The molecule has 0 aliphatic rings. The molecule has 2 heterocycles. The maximum atomic E-state index is 12.1. The van der Waals surface area contributed by atoms with Gasteiger partial charge in [0.1, 0.15) is 5.69 Å². The molecule has 1 amide bonds. The summed E-state index contributed by atoms with van der Waals surface area (Å²) in [5, 5.41) is 8.83. The fourth-order valence-corrected chi connectivity index (χ4v) is 2.66. The Bertz CT molecular complexity index is 616. The minimum atomic E-state index is -0.215. The standard InChI is InChI=1S/C14H17N3O2S/c1-9(8-12(18)13-5-4-6-20-13)15-14(19)11-7-10(2)16-17(11)3/h4-7,9H,8H2,1-3H3,(H,15,19)/t9-/m1/s1. The van der Waals surface area contributed by atoms with Gasteiger partial charge in [0.25, 0.3) is 5.91 Å². The van der Waals surface area contributed by atoms with Crippen LogP contribution in [-0.2, 0) is 7.05 Å². The molecular weight excluding hydrogens is 274 g/mol. The first-order valence-electron chi connectivity index (χ1n) is 6.35. The number of amides is 1. The van der Waals surface area contributed by atoms with Crippen LogP contribution in [0.3, 0.4) is 0 Å². The molecule has 1 atom stereocenters. The van der Waals surface area contributed by atoms with Gasteiger partial charge < -0.3 is 5.32 Å². The molecule has 6 heteroatoms. The Morgan fingerprint density at radius 2 is 2.25 bits per heavy atom. The number of carbonyl (C=O) groups is 2. The normalized spacial score (nSPS) is 12.2. The van der Waals surface area contributed by atoms with Crippen molar-refractivity contribution in [2.24, 2.45) is 7.05 Å². The highest BCUT2D eigenvalue weighted by molar-refractivity contribution is 7.12. The third-order valence-electron chi connectivity index (χ3n) is 2.90. The second-order valence-electron chi connectivity index (χ2n) is 4.77. The first kappa shape index (κ1) is 14.5. The van der Waals surface area contributed by atoms with Crippen LogP contribution in [-0.4, -0.2) is 27.5 Å². The van der Waals surface area contributed by atoms with Crippen LogP contribution >= 0.6 is 11.3 Å². The first-order valence-corrected chi connectivity index (χ1v) is 7.23. The van der Waals surface area contributed by atoms with Crippen molar-refractivity contribution in [2.45, 2.75) is 26.3 Å². The van der Waals surface area contributed by atoms with E-state index in [9.17, 15) is 9.59 Å². The molecule has 20 heavy (non-hydrogen) atoms. The molecule has 1 N–H and O–H groups in total. The second kappa shape index (κ2) is 6.00. The lowest BCUT2D eigenvalue weighted by Gasteiger charge is -2.12. The molecular formula is C14H17N3O2S. The molecule has 0 aromatic carbocycles. The SMILES string of the molecule is Cc1cc(C(=O)N[C@H](C)CC(=O)c2cccs2)n(C)n1. The Morgan fingerprint density at radius 3 is 2.80 bits per heavy atom. The van der Waals surface area contributed by atoms with Gasteiger partial charge in [-0.25, -0.2) is 0 Å². The lowest BCUT2D eigenvalue weighted by molar-refractivity contribution is 0.0912. The van der Waals surface area contributed by atoms with E-state index in [0.29, 0.717) is 12.1 Å². The average molecular weight is 291 g/mol. The zero-order valence-electron chi connectivity index (χ0n) is 11.7. The maximum Gasteiger partial charge on any atom is 0.269 e. The van der Waals surface area contributed by atoms with E-state index in [2.05, 4.69) is 10.4 Å². The highest BCUT2D eigenvalue weighted by Gasteiger charge is 2.17. The van der Waals surface area contributed by atoms with E-state index in [1.807, 2.05) is 25.3 Å². The molecule has 0 spiro atoms. The van der Waals surface area contributed by atoms with E-state index < -0.39 is 0 Å². The highest BCUT2D eigenvalue weighted by Crippen LogP contribution is 2.12. The van der Waals surface area contributed by atoms with Gasteiger partial charge >= 0.3 is 0 Å². The summed E-state index contributed by atoms with van der Waals surface area (Å²) in [4.78, 5) is 24.7. The lowest BCUT2D eigenvalue weighted by Crippen LogP contribution is -2.35. The molecule has 0 saturated carbocycles. The first-order chi connectivity index (χ1) is 9.47. The van der Waals surface area contributed by atoms with Crippen molar-refractivity contribution < 1.29 is 9.59 Å². The number of aryl methyl sites for hydroxylation is 2. The molecule has 0 aliphatic heterocycles. The molecule has 0 unspecified atom stereocenters. The molecule has 0 saturated heterocycles. The highest BCUT2D eigenvalue weighted by atomic mass is 32.1. The monoisotopic (exact) mass is 291 g/mol. The summed E-state index contributed by atoms with van der Waals surface area (Å²) >= 11 is 1.42. The van der Waals surface area contributed by atoms with Gasteiger partial charge in [0, 0.05) is 19.5 Å². The maximum absolute atomic E-state index is 12.1.